The highest BCUT2D eigenvalue weighted by molar-refractivity contribution is 5.75. The van der Waals surface area contributed by atoms with E-state index in [1.165, 1.54) is 12.8 Å². The summed E-state index contributed by atoms with van der Waals surface area (Å²) in [5.41, 5.74) is 0.134. The van der Waals surface area contributed by atoms with Crippen molar-refractivity contribution in [3.63, 3.8) is 0 Å². The Morgan fingerprint density at radius 3 is 2.80 bits per heavy atom. The van der Waals surface area contributed by atoms with E-state index in [1.807, 2.05) is 6.92 Å². The number of carbonyl (C=O) groups is 1. The summed E-state index contributed by atoms with van der Waals surface area (Å²) in [7, 11) is 1.72. The van der Waals surface area contributed by atoms with E-state index in [0.29, 0.717) is 19.5 Å². The molecule has 2 rings (SSSR count). The minimum absolute atomic E-state index is 0.0438. The fourth-order valence-corrected chi connectivity index (χ4v) is 2.84. The molecule has 0 saturated heterocycles. The summed E-state index contributed by atoms with van der Waals surface area (Å²) >= 11 is 0. The number of aromatic nitrogens is 4. The Kier molecular flexibility index (Phi) is 5.05. The Morgan fingerprint density at radius 2 is 2.20 bits per heavy atom. The Morgan fingerprint density at radius 1 is 1.45 bits per heavy atom. The highest BCUT2D eigenvalue weighted by Gasteiger charge is 2.34. The average Bonchev–Trinajstić information content (AvgIpc) is 3.05. The van der Waals surface area contributed by atoms with Crippen LogP contribution in [0.3, 0.4) is 0 Å². The van der Waals surface area contributed by atoms with E-state index < -0.39 is 0 Å². The van der Waals surface area contributed by atoms with Gasteiger partial charge in [-0.1, -0.05) is 12.8 Å². The van der Waals surface area contributed by atoms with Crippen molar-refractivity contribution in [3.05, 3.63) is 5.82 Å². The minimum atomic E-state index is 0.0438. The second-order valence-corrected chi connectivity index (χ2v) is 5.62. The van der Waals surface area contributed by atoms with Crippen LogP contribution < -0.4 is 5.32 Å². The van der Waals surface area contributed by atoms with Crippen molar-refractivity contribution < 1.29 is 9.53 Å². The monoisotopic (exact) mass is 281 g/mol. The number of carbonyl (C=O) groups excluding carboxylic acids is 1. The first-order chi connectivity index (χ1) is 9.65. The number of tetrazole rings is 1. The molecule has 1 amide bonds. The molecule has 20 heavy (non-hydrogen) atoms. The predicted octanol–water partition coefficient (Wildman–Crippen LogP) is 0.695. The second kappa shape index (κ2) is 6.78. The summed E-state index contributed by atoms with van der Waals surface area (Å²) < 4.78 is 6.95. The van der Waals surface area contributed by atoms with Crippen LogP contribution in [0.1, 0.15) is 37.9 Å². The summed E-state index contributed by atoms with van der Waals surface area (Å²) in [4.78, 5) is 11.9. The molecule has 0 unspecified atom stereocenters. The summed E-state index contributed by atoms with van der Waals surface area (Å²) in [6, 6.07) is 0. The number of hydrogen-bond donors (Lipinski definition) is 1. The lowest BCUT2D eigenvalue weighted by molar-refractivity contribution is -0.122. The number of amides is 1. The lowest BCUT2D eigenvalue weighted by atomic mass is 9.87. The van der Waals surface area contributed by atoms with Crippen LogP contribution >= 0.6 is 0 Å². The van der Waals surface area contributed by atoms with Gasteiger partial charge in [-0.15, -0.1) is 5.10 Å². The maximum Gasteiger partial charge on any atom is 0.221 e. The molecular formula is C13H23N5O2. The summed E-state index contributed by atoms with van der Waals surface area (Å²) in [6.45, 7) is 3.76. The summed E-state index contributed by atoms with van der Waals surface area (Å²) in [5.74, 6) is 0.770. The van der Waals surface area contributed by atoms with Gasteiger partial charge in [0.2, 0.25) is 5.91 Å². The minimum Gasteiger partial charge on any atom is -0.384 e. The van der Waals surface area contributed by atoms with Gasteiger partial charge in [0.1, 0.15) is 5.82 Å². The molecule has 0 radical (unpaired) electrons. The van der Waals surface area contributed by atoms with E-state index in [4.69, 9.17) is 4.74 Å². The Hall–Kier alpha value is -1.50. The smallest absolute Gasteiger partial charge is 0.221 e. The van der Waals surface area contributed by atoms with Gasteiger partial charge in [0.05, 0.1) is 13.2 Å². The number of rotatable bonds is 7. The van der Waals surface area contributed by atoms with Gasteiger partial charge in [0.25, 0.3) is 0 Å². The molecule has 7 nitrogen and oxygen atoms in total. The van der Waals surface area contributed by atoms with E-state index in [1.54, 1.807) is 11.8 Å². The first-order valence-electron chi connectivity index (χ1n) is 7.14. The number of ether oxygens (including phenoxy) is 1. The lowest BCUT2D eigenvalue weighted by Crippen LogP contribution is -2.39. The van der Waals surface area contributed by atoms with Crippen molar-refractivity contribution in [2.75, 3.05) is 20.3 Å². The van der Waals surface area contributed by atoms with Crippen molar-refractivity contribution in [1.29, 1.82) is 0 Å². The quantitative estimate of drug-likeness (QED) is 0.795. The van der Waals surface area contributed by atoms with Gasteiger partial charge in [-0.3, -0.25) is 4.79 Å². The van der Waals surface area contributed by atoms with Gasteiger partial charge in [-0.2, -0.15) is 0 Å². The number of aryl methyl sites for hydroxylation is 2. The van der Waals surface area contributed by atoms with Gasteiger partial charge in [-0.05, 0) is 30.2 Å². The predicted molar refractivity (Wildman–Crippen MR) is 73.0 cm³/mol. The zero-order chi connectivity index (χ0) is 14.4. The third kappa shape index (κ3) is 3.75. The number of nitrogens with one attached hydrogen (secondary N) is 1. The van der Waals surface area contributed by atoms with Gasteiger partial charge in [0, 0.05) is 25.5 Å². The molecule has 1 saturated carbocycles. The zero-order valence-corrected chi connectivity index (χ0v) is 12.3. The van der Waals surface area contributed by atoms with Gasteiger partial charge >= 0.3 is 0 Å². The number of methoxy groups -OCH3 is 1. The van der Waals surface area contributed by atoms with Crippen LogP contribution in [0.2, 0.25) is 0 Å². The molecule has 1 aliphatic rings. The van der Waals surface area contributed by atoms with Gasteiger partial charge in [-0.25, -0.2) is 4.68 Å². The molecule has 0 spiro atoms. The van der Waals surface area contributed by atoms with Crippen molar-refractivity contribution in [2.45, 2.75) is 45.6 Å². The normalized spacial score (nSPS) is 17.3. The first-order valence-corrected chi connectivity index (χ1v) is 7.14. The van der Waals surface area contributed by atoms with Crippen molar-refractivity contribution in [3.8, 4) is 0 Å². The van der Waals surface area contributed by atoms with Gasteiger partial charge in [0.15, 0.2) is 0 Å². The van der Waals surface area contributed by atoms with Crippen LogP contribution in [0, 0.1) is 12.3 Å². The Bertz CT molecular complexity index is 440. The van der Waals surface area contributed by atoms with E-state index in [2.05, 4.69) is 20.8 Å². The topological polar surface area (TPSA) is 81.9 Å². The SMILES string of the molecule is COCC1(CNC(=O)CCn2nnnc2C)CCCC1. The first kappa shape index (κ1) is 14.9. The third-order valence-electron chi connectivity index (χ3n) is 4.04. The van der Waals surface area contributed by atoms with E-state index >= 15 is 0 Å². The van der Waals surface area contributed by atoms with Crippen LogP contribution in [-0.4, -0.2) is 46.4 Å². The average molecular weight is 281 g/mol. The van der Waals surface area contributed by atoms with E-state index in [-0.39, 0.29) is 11.3 Å². The lowest BCUT2D eigenvalue weighted by Gasteiger charge is -2.28. The fraction of sp³-hybridized carbons (Fsp3) is 0.846. The van der Waals surface area contributed by atoms with Crippen LogP contribution in [0.5, 0.6) is 0 Å². The van der Waals surface area contributed by atoms with Crippen molar-refractivity contribution in [1.82, 2.24) is 25.5 Å². The van der Waals surface area contributed by atoms with Crippen LogP contribution in [0.4, 0.5) is 0 Å². The molecule has 1 heterocycles. The summed E-state index contributed by atoms with van der Waals surface area (Å²) in [5, 5.41) is 14.2. The number of nitrogens with zero attached hydrogens (tertiary/aromatic N) is 4. The van der Waals surface area contributed by atoms with Crippen LogP contribution in [0.15, 0.2) is 0 Å². The molecular weight excluding hydrogens is 258 g/mol. The highest BCUT2D eigenvalue weighted by atomic mass is 16.5. The number of hydrogen-bond acceptors (Lipinski definition) is 5. The maximum atomic E-state index is 11.9. The molecule has 0 aliphatic heterocycles. The molecule has 0 bridgehead atoms. The van der Waals surface area contributed by atoms with Crippen molar-refractivity contribution >= 4 is 5.91 Å². The molecule has 1 fully saturated rings. The molecule has 0 atom stereocenters. The van der Waals surface area contributed by atoms with E-state index in [9.17, 15) is 4.79 Å². The molecule has 1 aromatic rings. The van der Waals surface area contributed by atoms with Crippen LogP contribution in [0.25, 0.3) is 0 Å². The maximum absolute atomic E-state index is 11.9. The summed E-state index contributed by atoms with van der Waals surface area (Å²) in [6.07, 6.45) is 5.11. The molecule has 1 N–H and O–H groups in total. The Balaban J connectivity index is 1.75. The molecule has 7 heteroatoms. The van der Waals surface area contributed by atoms with E-state index in [0.717, 1.165) is 25.3 Å². The molecule has 0 aromatic carbocycles. The molecule has 1 aromatic heterocycles. The second-order valence-electron chi connectivity index (χ2n) is 5.62. The largest absolute Gasteiger partial charge is 0.384 e. The van der Waals surface area contributed by atoms with Crippen molar-refractivity contribution in [2.24, 2.45) is 5.41 Å². The molecule has 1 aliphatic carbocycles. The van der Waals surface area contributed by atoms with Crippen LogP contribution in [-0.2, 0) is 16.1 Å². The fourth-order valence-electron chi connectivity index (χ4n) is 2.84. The molecule has 112 valence electrons. The van der Waals surface area contributed by atoms with Gasteiger partial charge < -0.3 is 10.1 Å². The highest BCUT2D eigenvalue weighted by Crippen LogP contribution is 2.37. The Labute approximate surface area is 119 Å². The third-order valence-corrected chi connectivity index (χ3v) is 4.04. The standard InChI is InChI=1S/C13H23N5O2/c1-11-15-16-17-18(11)8-5-12(19)14-9-13(10-20-2)6-3-4-7-13/h3-10H2,1-2H3,(H,14,19). The zero-order valence-electron chi connectivity index (χ0n) is 12.3.